The zero-order valence-corrected chi connectivity index (χ0v) is 13.0. The standard InChI is InChI=1S/C15H17BrFNO3/c16-12-2-3-13(17)11(9-12)1-4-14(19)18-10-15(20)5-7-21-8-6-15/h1-4,9,20H,5-8,10H2,(H,18,19)/b4-1+. The van der Waals surface area contributed by atoms with E-state index in [9.17, 15) is 14.3 Å². The molecule has 1 fully saturated rings. The van der Waals surface area contributed by atoms with Gasteiger partial charge in [0.15, 0.2) is 0 Å². The Bertz CT molecular complexity index is 542. The number of carbonyl (C=O) groups excluding carboxylic acids is 1. The SMILES string of the molecule is O=C(/C=C/c1cc(Br)ccc1F)NCC1(O)CCOCC1. The first-order valence-corrected chi connectivity index (χ1v) is 7.49. The summed E-state index contributed by atoms with van der Waals surface area (Å²) in [6, 6.07) is 4.50. The molecule has 0 aliphatic carbocycles. The molecule has 1 heterocycles. The van der Waals surface area contributed by atoms with E-state index >= 15 is 0 Å². The molecule has 1 amide bonds. The van der Waals surface area contributed by atoms with E-state index in [1.54, 1.807) is 12.1 Å². The Balaban J connectivity index is 1.89. The van der Waals surface area contributed by atoms with Crippen LogP contribution < -0.4 is 5.32 Å². The van der Waals surface area contributed by atoms with Crippen LogP contribution in [0.4, 0.5) is 4.39 Å². The average Bonchev–Trinajstić information content (AvgIpc) is 2.47. The highest BCUT2D eigenvalue weighted by molar-refractivity contribution is 9.10. The first-order chi connectivity index (χ1) is 9.98. The van der Waals surface area contributed by atoms with Crippen LogP contribution in [0.5, 0.6) is 0 Å². The van der Waals surface area contributed by atoms with Gasteiger partial charge in [-0.2, -0.15) is 0 Å². The van der Waals surface area contributed by atoms with Crippen molar-refractivity contribution in [2.75, 3.05) is 19.8 Å². The van der Waals surface area contributed by atoms with Gasteiger partial charge >= 0.3 is 0 Å². The summed E-state index contributed by atoms with van der Waals surface area (Å²) in [6.45, 7) is 1.15. The molecule has 2 rings (SSSR count). The van der Waals surface area contributed by atoms with E-state index in [4.69, 9.17) is 4.74 Å². The van der Waals surface area contributed by atoms with Crippen molar-refractivity contribution >= 4 is 27.9 Å². The molecule has 1 saturated heterocycles. The summed E-state index contributed by atoms with van der Waals surface area (Å²) in [7, 11) is 0. The molecule has 0 atom stereocenters. The molecule has 0 spiro atoms. The predicted molar refractivity (Wildman–Crippen MR) is 81.1 cm³/mol. The molecule has 114 valence electrons. The molecular weight excluding hydrogens is 341 g/mol. The van der Waals surface area contributed by atoms with Gasteiger partial charge in [-0.3, -0.25) is 4.79 Å². The topological polar surface area (TPSA) is 58.6 Å². The number of aliphatic hydroxyl groups is 1. The average molecular weight is 358 g/mol. The third-order valence-electron chi connectivity index (χ3n) is 3.39. The Hall–Kier alpha value is -1.24. The maximum Gasteiger partial charge on any atom is 0.244 e. The van der Waals surface area contributed by atoms with E-state index in [1.807, 2.05) is 0 Å². The molecule has 6 heteroatoms. The minimum absolute atomic E-state index is 0.167. The van der Waals surface area contributed by atoms with Gasteiger partial charge in [0.25, 0.3) is 0 Å². The van der Waals surface area contributed by atoms with Crippen molar-refractivity contribution in [3.63, 3.8) is 0 Å². The fourth-order valence-corrected chi connectivity index (χ4v) is 2.43. The minimum atomic E-state index is -0.914. The normalized spacial score (nSPS) is 17.9. The maximum atomic E-state index is 13.5. The Labute approximate surface area is 131 Å². The molecule has 1 aromatic carbocycles. The Morgan fingerprint density at radius 2 is 2.19 bits per heavy atom. The molecular formula is C15H17BrFNO3. The largest absolute Gasteiger partial charge is 0.388 e. The maximum absolute atomic E-state index is 13.5. The van der Waals surface area contributed by atoms with E-state index in [1.165, 1.54) is 18.2 Å². The highest BCUT2D eigenvalue weighted by Gasteiger charge is 2.29. The van der Waals surface area contributed by atoms with Crippen LogP contribution in [-0.4, -0.2) is 36.4 Å². The van der Waals surface area contributed by atoms with E-state index in [-0.39, 0.29) is 12.5 Å². The van der Waals surface area contributed by atoms with E-state index in [2.05, 4.69) is 21.2 Å². The van der Waals surface area contributed by atoms with Gasteiger partial charge in [0, 0.05) is 48.7 Å². The van der Waals surface area contributed by atoms with Crippen molar-refractivity contribution in [2.45, 2.75) is 18.4 Å². The fraction of sp³-hybridized carbons (Fsp3) is 0.400. The molecule has 0 saturated carbocycles. The smallest absolute Gasteiger partial charge is 0.244 e. The molecule has 0 radical (unpaired) electrons. The van der Waals surface area contributed by atoms with E-state index in [0.717, 1.165) is 4.47 Å². The third kappa shape index (κ3) is 4.91. The Kier molecular flexibility index (Phi) is 5.50. The van der Waals surface area contributed by atoms with Crippen LogP contribution in [0.15, 0.2) is 28.7 Å². The molecule has 2 N–H and O–H groups in total. The highest BCUT2D eigenvalue weighted by Crippen LogP contribution is 2.19. The second kappa shape index (κ2) is 7.15. The number of hydrogen-bond donors (Lipinski definition) is 2. The van der Waals surface area contributed by atoms with Gasteiger partial charge in [0.2, 0.25) is 5.91 Å². The summed E-state index contributed by atoms with van der Waals surface area (Å²) < 4.78 is 19.4. The van der Waals surface area contributed by atoms with Crippen molar-refractivity contribution in [3.05, 3.63) is 40.1 Å². The predicted octanol–water partition coefficient (Wildman–Crippen LogP) is 2.26. The highest BCUT2D eigenvalue weighted by atomic mass is 79.9. The number of nitrogens with one attached hydrogen (secondary N) is 1. The van der Waals surface area contributed by atoms with Gasteiger partial charge in [0.1, 0.15) is 5.82 Å². The second-order valence-electron chi connectivity index (χ2n) is 5.05. The van der Waals surface area contributed by atoms with Crippen LogP contribution in [0, 0.1) is 5.82 Å². The van der Waals surface area contributed by atoms with E-state index in [0.29, 0.717) is 31.6 Å². The van der Waals surface area contributed by atoms with Crippen LogP contribution >= 0.6 is 15.9 Å². The molecule has 0 bridgehead atoms. The lowest BCUT2D eigenvalue weighted by Crippen LogP contribution is -2.46. The summed E-state index contributed by atoms with van der Waals surface area (Å²) in [5.41, 5.74) is -0.590. The van der Waals surface area contributed by atoms with Gasteiger partial charge < -0.3 is 15.2 Å². The van der Waals surface area contributed by atoms with Crippen LogP contribution in [0.1, 0.15) is 18.4 Å². The van der Waals surface area contributed by atoms with Crippen LogP contribution in [0.25, 0.3) is 6.08 Å². The molecule has 4 nitrogen and oxygen atoms in total. The lowest BCUT2D eigenvalue weighted by atomic mass is 9.94. The Morgan fingerprint density at radius 1 is 1.48 bits per heavy atom. The van der Waals surface area contributed by atoms with Gasteiger partial charge in [-0.15, -0.1) is 0 Å². The van der Waals surface area contributed by atoms with Crippen LogP contribution in [0.2, 0.25) is 0 Å². The summed E-state index contributed by atoms with van der Waals surface area (Å²) in [5, 5.41) is 12.8. The number of ether oxygens (including phenoxy) is 1. The van der Waals surface area contributed by atoms with Crippen molar-refractivity contribution in [2.24, 2.45) is 0 Å². The number of halogens is 2. The fourth-order valence-electron chi connectivity index (χ4n) is 2.05. The molecule has 1 aliphatic heterocycles. The van der Waals surface area contributed by atoms with Crippen molar-refractivity contribution in [1.29, 1.82) is 0 Å². The minimum Gasteiger partial charge on any atom is -0.388 e. The van der Waals surface area contributed by atoms with Crippen LogP contribution in [-0.2, 0) is 9.53 Å². The van der Waals surface area contributed by atoms with Gasteiger partial charge in [-0.1, -0.05) is 15.9 Å². The van der Waals surface area contributed by atoms with Crippen LogP contribution in [0.3, 0.4) is 0 Å². The molecule has 1 aromatic rings. The number of hydrogen-bond acceptors (Lipinski definition) is 3. The first-order valence-electron chi connectivity index (χ1n) is 6.70. The summed E-state index contributed by atoms with van der Waals surface area (Å²) in [6.07, 6.45) is 3.66. The Morgan fingerprint density at radius 3 is 2.90 bits per heavy atom. The molecule has 0 unspecified atom stereocenters. The molecule has 21 heavy (non-hydrogen) atoms. The number of amides is 1. The zero-order valence-electron chi connectivity index (χ0n) is 11.4. The van der Waals surface area contributed by atoms with Crippen molar-refractivity contribution < 1.29 is 19.0 Å². The van der Waals surface area contributed by atoms with Crippen molar-refractivity contribution in [1.82, 2.24) is 5.32 Å². The van der Waals surface area contributed by atoms with Gasteiger partial charge in [-0.05, 0) is 24.3 Å². The molecule has 0 aromatic heterocycles. The third-order valence-corrected chi connectivity index (χ3v) is 3.88. The molecule has 1 aliphatic rings. The number of carbonyl (C=O) groups is 1. The summed E-state index contributed by atoms with van der Waals surface area (Å²) >= 11 is 3.25. The van der Waals surface area contributed by atoms with Gasteiger partial charge in [0.05, 0.1) is 5.60 Å². The first kappa shape index (κ1) is 16.1. The lowest BCUT2D eigenvalue weighted by molar-refractivity contribution is -0.119. The quantitative estimate of drug-likeness (QED) is 0.812. The number of benzene rings is 1. The number of rotatable bonds is 4. The van der Waals surface area contributed by atoms with Gasteiger partial charge in [-0.25, -0.2) is 4.39 Å². The summed E-state index contributed by atoms with van der Waals surface area (Å²) in [5.74, 6) is -0.764. The summed E-state index contributed by atoms with van der Waals surface area (Å²) in [4.78, 5) is 11.7. The second-order valence-corrected chi connectivity index (χ2v) is 5.97. The van der Waals surface area contributed by atoms with E-state index < -0.39 is 11.4 Å². The monoisotopic (exact) mass is 357 g/mol. The van der Waals surface area contributed by atoms with Crippen molar-refractivity contribution in [3.8, 4) is 0 Å². The zero-order chi connectivity index (χ0) is 15.3. The lowest BCUT2D eigenvalue weighted by Gasteiger charge is -2.31.